The number of carboxylic acid groups (broad SMARTS) is 1. The number of hydrogen-bond donors (Lipinski definition) is 1. The monoisotopic (exact) mass is 261 g/mol. The predicted molar refractivity (Wildman–Crippen MR) is 71.7 cm³/mol. The van der Waals surface area contributed by atoms with Crippen LogP contribution in [0.4, 0.5) is 0 Å². The van der Waals surface area contributed by atoms with Gasteiger partial charge < -0.3 is 10.0 Å². The number of nitrogens with zero attached hydrogens (tertiary/aromatic N) is 1. The standard InChI is InChI=1S/C15H19NO3/c17-14(8-3-9-15(18)19)16-10-4-7-12-5-1-2-6-13(12)11-16/h1-2,5-6H,3-4,7-11H2,(H,18,19). The van der Waals surface area contributed by atoms with Gasteiger partial charge in [0.25, 0.3) is 0 Å². The van der Waals surface area contributed by atoms with Crippen LogP contribution in [-0.2, 0) is 22.6 Å². The van der Waals surface area contributed by atoms with Crippen LogP contribution in [0.1, 0.15) is 36.8 Å². The van der Waals surface area contributed by atoms with Crippen molar-refractivity contribution in [3.8, 4) is 0 Å². The summed E-state index contributed by atoms with van der Waals surface area (Å²) in [6, 6.07) is 8.21. The van der Waals surface area contributed by atoms with Gasteiger partial charge in [0.05, 0.1) is 0 Å². The van der Waals surface area contributed by atoms with Crippen LogP contribution in [-0.4, -0.2) is 28.4 Å². The maximum atomic E-state index is 12.1. The quantitative estimate of drug-likeness (QED) is 0.904. The van der Waals surface area contributed by atoms with Gasteiger partial charge in [0.2, 0.25) is 5.91 Å². The minimum Gasteiger partial charge on any atom is -0.481 e. The number of amides is 1. The zero-order chi connectivity index (χ0) is 13.7. The molecule has 102 valence electrons. The van der Waals surface area contributed by atoms with Crippen LogP contribution in [0.5, 0.6) is 0 Å². The number of aliphatic carboxylic acids is 1. The van der Waals surface area contributed by atoms with Crippen LogP contribution < -0.4 is 0 Å². The van der Waals surface area contributed by atoms with Crippen molar-refractivity contribution in [3.63, 3.8) is 0 Å². The van der Waals surface area contributed by atoms with E-state index in [1.165, 1.54) is 11.1 Å². The Morgan fingerprint density at radius 3 is 2.63 bits per heavy atom. The number of benzene rings is 1. The van der Waals surface area contributed by atoms with E-state index in [1.54, 1.807) is 0 Å². The first kappa shape index (κ1) is 13.6. The summed E-state index contributed by atoms with van der Waals surface area (Å²) < 4.78 is 0. The van der Waals surface area contributed by atoms with Crippen molar-refractivity contribution in [3.05, 3.63) is 35.4 Å². The van der Waals surface area contributed by atoms with Gasteiger partial charge in [-0.1, -0.05) is 24.3 Å². The summed E-state index contributed by atoms with van der Waals surface area (Å²) in [4.78, 5) is 24.4. The summed E-state index contributed by atoms with van der Waals surface area (Å²) in [5, 5.41) is 8.59. The molecule has 0 aromatic heterocycles. The first-order chi connectivity index (χ1) is 9.16. The second-order valence-electron chi connectivity index (χ2n) is 4.93. The first-order valence-electron chi connectivity index (χ1n) is 6.73. The summed E-state index contributed by atoms with van der Waals surface area (Å²) in [6.07, 6.45) is 2.80. The van der Waals surface area contributed by atoms with Gasteiger partial charge in [0, 0.05) is 25.9 Å². The topological polar surface area (TPSA) is 57.6 Å². The van der Waals surface area contributed by atoms with E-state index >= 15 is 0 Å². The highest BCUT2D eigenvalue weighted by molar-refractivity contribution is 5.77. The molecule has 4 heteroatoms. The van der Waals surface area contributed by atoms with Gasteiger partial charge in [0.15, 0.2) is 0 Å². The van der Waals surface area contributed by atoms with E-state index in [-0.39, 0.29) is 12.3 Å². The second-order valence-corrected chi connectivity index (χ2v) is 4.93. The van der Waals surface area contributed by atoms with E-state index in [4.69, 9.17) is 5.11 Å². The van der Waals surface area contributed by atoms with Crippen molar-refractivity contribution in [1.82, 2.24) is 4.90 Å². The Bertz CT molecular complexity index is 470. The lowest BCUT2D eigenvalue weighted by molar-refractivity contribution is -0.137. The normalized spacial score (nSPS) is 14.6. The molecule has 1 heterocycles. The third kappa shape index (κ3) is 3.81. The number of rotatable bonds is 4. The highest BCUT2D eigenvalue weighted by atomic mass is 16.4. The average Bonchev–Trinajstić information content (AvgIpc) is 2.60. The van der Waals surface area contributed by atoms with Crippen molar-refractivity contribution in [1.29, 1.82) is 0 Å². The fourth-order valence-corrected chi connectivity index (χ4v) is 2.46. The number of carbonyl (C=O) groups is 2. The number of fused-ring (bicyclic) bond motifs is 1. The Kier molecular flexibility index (Phi) is 4.55. The summed E-state index contributed by atoms with van der Waals surface area (Å²) in [5.74, 6) is -0.771. The van der Waals surface area contributed by atoms with E-state index in [0.29, 0.717) is 19.4 Å². The molecule has 1 aliphatic heterocycles. The van der Waals surface area contributed by atoms with Gasteiger partial charge in [-0.3, -0.25) is 9.59 Å². The van der Waals surface area contributed by atoms with E-state index in [1.807, 2.05) is 17.0 Å². The van der Waals surface area contributed by atoms with Crippen LogP contribution in [0.3, 0.4) is 0 Å². The lowest BCUT2D eigenvalue weighted by Crippen LogP contribution is -2.30. The van der Waals surface area contributed by atoms with Crippen molar-refractivity contribution in [2.45, 2.75) is 38.6 Å². The molecule has 2 rings (SSSR count). The van der Waals surface area contributed by atoms with Gasteiger partial charge in [-0.15, -0.1) is 0 Å². The highest BCUT2D eigenvalue weighted by Crippen LogP contribution is 2.19. The molecule has 0 radical (unpaired) electrons. The van der Waals surface area contributed by atoms with E-state index in [0.717, 1.165) is 19.4 Å². The SMILES string of the molecule is O=C(O)CCCC(=O)N1CCCc2ccccc2C1. The molecule has 4 nitrogen and oxygen atoms in total. The molecule has 1 amide bonds. The Balaban J connectivity index is 1.94. The lowest BCUT2D eigenvalue weighted by Gasteiger charge is -2.20. The zero-order valence-electron chi connectivity index (χ0n) is 11.0. The molecule has 0 spiro atoms. The molecule has 0 atom stereocenters. The third-order valence-electron chi connectivity index (χ3n) is 3.49. The molecule has 0 aliphatic carbocycles. The van der Waals surface area contributed by atoms with Crippen LogP contribution in [0.25, 0.3) is 0 Å². The number of carbonyl (C=O) groups excluding carboxylic acids is 1. The minimum absolute atomic E-state index is 0.0656. The van der Waals surface area contributed by atoms with Gasteiger partial charge in [-0.05, 0) is 30.4 Å². The van der Waals surface area contributed by atoms with Gasteiger partial charge in [-0.25, -0.2) is 0 Å². The van der Waals surface area contributed by atoms with Crippen LogP contribution in [0.2, 0.25) is 0 Å². The Labute approximate surface area is 113 Å². The summed E-state index contributed by atoms with van der Waals surface area (Å²) in [6.45, 7) is 1.42. The Morgan fingerprint density at radius 1 is 1.16 bits per heavy atom. The number of aryl methyl sites for hydroxylation is 1. The fraction of sp³-hybridized carbons (Fsp3) is 0.467. The summed E-state index contributed by atoms with van der Waals surface area (Å²) >= 11 is 0. The molecule has 1 aliphatic rings. The molecule has 1 aromatic rings. The minimum atomic E-state index is -0.839. The summed E-state index contributed by atoms with van der Waals surface area (Å²) in [7, 11) is 0. The van der Waals surface area contributed by atoms with E-state index in [2.05, 4.69) is 12.1 Å². The van der Waals surface area contributed by atoms with Crippen molar-refractivity contribution in [2.24, 2.45) is 0 Å². The highest BCUT2D eigenvalue weighted by Gasteiger charge is 2.18. The maximum Gasteiger partial charge on any atom is 0.303 e. The third-order valence-corrected chi connectivity index (χ3v) is 3.49. The lowest BCUT2D eigenvalue weighted by atomic mass is 10.0. The van der Waals surface area contributed by atoms with Gasteiger partial charge in [0.1, 0.15) is 0 Å². The van der Waals surface area contributed by atoms with E-state index < -0.39 is 5.97 Å². The van der Waals surface area contributed by atoms with Crippen LogP contribution >= 0.6 is 0 Å². The predicted octanol–water partition coefficient (Wildman–Crippen LogP) is 2.22. The Morgan fingerprint density at radius 2 is 1.89 bits per heavy atom. The van der Waals surface area contributed by atoms with E-state index in [9.17, 15) is 9.59 Å². The largest absolute Gasteiger partial charge is 0.481 e. The molecule has 0 saturated carbocycles. The molecule has 0 fully saturated rings. The second kappa shape index (κ2) is 6.36. The van der Waals surface area contributed by atoms with Crippen LogP contribution in [0.15, 0.2) is 24.3 Å². The number of carboxylic acids is 1. The molecule has 1 aromatic carbocycles. The Hall–Kier alpha value is -1.84. The average molecular weight is 261 g/mol. The zero-order valence-corrected chi connectivity index (χ0v) is 11.0. The van der Waals surface area contributed by atoms with Gasteiger partial charge >= 0.3 is 5.97 Å². The molecule has 1 N–H and O–H groups in total. The summed E-state index contributed by atoms with van der Waals surface area (Å²) in [5.41, 5.74) is 2.54. The fourth-order valence-electron chi connectivity index (χ4n) is 2.46. The molecule has 0 unspecified atom stereocenters. The molecular formula is C15H19NO3. The molecule has 0 saturated heterocycles. The smallest absolute Gasteiger partial charge is 0.303 e. The van der Waals surface area contributed by atoms with Crippen molar-refractivity contribution in [2.75, 3.05) is 6.54 Å². The number of hydrogen-bond acceptors (Lipinski definition) is 2. The van der Waals surface area contributed by atoms with Crippen molar-refractivity contribution < 1.29 is 14.7 Å². The van der Waals surface area contributed by atoms with Crippen molar-refractivity contribution >= 4 is 11.9 Å². The maximum absolute atomic E-state index is 12.1. The molecule has 0 bridgehead atoms. The van der Waals surface area contributed by atoms with Gasteiger partial charge in [-0.2, -0.15) is 0 Å². The molecule has 19 heavy (non-hydrogen) atoms. The first-order valence-corrected chi connectivity index (χ1v) is 6.73. The van der Waals surface area contributed by atoms with Crippen LogP contribution in [0, 0.1) is 0 Å². The molecular weight excluding hydrogens is 242 g/mol.